The van der Waals surface area contributed by atoms with Gasteiger partial charge in [0, 0.05) is 12.3 Å². The lowest BCUT2D eigenvalue weighted by atomic mass is 10.0. The molecule has 2 aromatic rings. The lowest BCUT2D eigenvalue weighted by Crippen LogP contribution is -2.03. The molecule has 0 spiro atoms. The van der Waals surface area contributed by atoms with Crippen molar-refractivity contribution in [3.05, 3.63) is 41.5 Å². The van der Waals surface area contributed by atoms with E-state index in [0.29, 0.717) is 5.75 Å². The van der Waals surface area contributed by atoms with E-state index in [2.05, 4.69) is 30.9 Å². The Hall–Kier alpha value is -2.27. The quantitative estimate of drug-likeness (QED) is 0.463. The first-order chi connectivity index (χ1) is 9.15. The second-order valence-corrected chi connectivity index (χ2v) is 4.32. The first-order valence-corrected chi connectivity index (χ1v) is 6.32. The molecule has 0 aromatic heterocycles. The maximum atomic E-state index is 11.1. The zero-order valence-corrected chi connectivity index (χ0v) is 11.4. The van der Waals surface area contributed by atoms with Crippen molar-refractivity contribution in [3.63, 3.8) is 0 Å². The molecule has 0 radical (unpaired) electrons. The van der Waals surface area contributed by atoms with Crippen molar-refractivity contribution in [1.82, 2.24) is 0 Å². The number of aryl methyl sites for hydroxylation is 1. The fourth-order valence-corrected chi connectivity index (χ4v) is 2.07. The summed E-state index contributed by atoms with van der Waals surface area (Å²) in [4.78, 5) is 11.1. The molecule has 0 amide bonds. The van der Waals surface area contributed by atoms with E-state index in [1.807, 2.05) is 18.2 Å². The molecule has 2 nitrogen and oxygen atoms in total. The number of fused-ring (bicyclic) bond motifs is 1. The topological polar surface area (TPSA) is 26.3 Å². The highest BCUT2D eigenvalue weighted by molar-refractivity contribution is 5.91. The van der Waals surface area contributed by atoms with Crippen LogP contribution in [0.15, 0.2) is 30.3 Å². The van der Waals surface area contributed by atoms with E-state index in [4.69, 9.17) is 4.74 Å². The van der Waals surface area contributed by atoms with Crippen LogP contribution in [0.5, 0.6) is 5.75 Å². The number of carbonyl (C=O) groups excluding carboxylic acids is 1. The Morgan fingerprint density at radius 2 is 2.05 bits per heavy atom. The number of ether oxygens (including phenoxy) is 1. The van der Waals surface area contributed by atoms with Gasteiger partial charge < -0.3 is 4.74 Å². The number of hydrogen-bond acceptors (Lipinski definition) is 2. The highest BCUT2D eigenvalue weighted by Crippen LogP contribution is 2.28. The first-order valence-electron chi connectivity index (χ1n) is 6.32. The van der Waals surface area contributed by atoms with Crippen LogP contribution < -0.4 is 4.74 Å². The van der Waals surface area contributed by atoms with Gasteiger partial charge in [0.25, 0.3) is 0 Å². The van der Waals surface area contributed by atoms with Crippen molar-refractivity contribution >= 4 is 16.7 Å². The minimum absolute atomic E-state index is 0.330. The van der Waals surface area contributed by atoms with Gasteiger partial charge in [-0.15, -0.1) is 5.92 Å². The number of benzene rings is 2. The molecule has 0 fully saturated rings. The molecule has 96 valence electrons. The van der Waals surface area contributed by atoms with Crippen LogP contribution in [0.25, 0.3) is 10.8 Å². The molecule has 0 saturated heterocycles. The van der Waals surface area contributed by atoms with Crippen LogP contribution in [0.2, 0.25) is 0 Å². The summed E-state index contributed by atoms with van der Waals surface area (Å²) in [6, 6.07) is 10.0. The molecular formula is C17H16O2. The number of hydrogen-bond donors (Lipinski definition) is 0. The van der Waals surface area contributed by atoms with E-state index < -0.39 is 0 Å². The van der Waals surface area contributed by atoms with Crippen molar-refractivity contribution < 1.29 is 9.53 Å². The van der Waals surface area contributed by atoms with E-state index in [9.17, 15) is 4.79 Å². The van der Waals surface area contributed by atoms with Crippen LogP contribution in [-0.4, -0.2) is 5.97 Å². The largest absolute Gasteiger partial charge is 0.425 e. The summed E-state index contributed by atoms with van der Waals surface area (Å²) in [5.74, 6) is 6.11. The first kappa shape index (κ1) is 13.2. The van der Waals surface area contributed by atoms with Crippen LogP contribution >= 0.6 is 0 Å². The molecule has 2 heteroatoms. The van der Waals surface area contributed by atoms with Gasteiger partial charge in [0.1, 0.15) is 5.75 Å². The van der Waals surface area contributed by atoms with E-state index >= 15 is 0 Å². The fourth-order valence-electron chi connectivity index (χ4n) is 2.07. The molecule has 19 heavy (non-hydrogen) atoms. The monoisotopic (exact) mass is 252 g/mol. The lowest BCUT2D eigenvalue weighted by Gasteiger charge is -2.09. The zero-order valence-electron chi connectivity index (χ0n) is 11.4. The van der Waals surface area contributed by atoms with Crippen LogP contribution in [0, 0.1) is 11.8 Å². The predicted octanol–water partition coefficient (Wildman–Crippen LogP) is 3.70. The van der Waals surface area contributed by atoms with Crippen LogP contribution in [0.1, 0.15) is 31.9 Å². The maximum absolute atomic E-state index is 11.1. The molecule has 0 bridgehead atoms. The van der Waals surface area contributed by atoms with E-state index in [1.54, 1.807) is 6.92 Å². The normalized spacial score (nSPS) is 9.84. The lowest BCUT2D eigenvalue weighted by molar-refractivity contribution is -0.131. The molecule has 0 heterocycles. The van der Waals surface area contributed by atoms with E-state index in [1.165, 1.54) is 12.5 Å². The smallest absolute Gasteiger partial charge is 0.308 e. The Labute approximate surface area is 113 Å². The second kappa shape index (κ2) is 5.58. The van der Waals surface area contributed by atoms with Gasteiger partial charge in [-0.2, -0.15) is 0 Å². The summed E-state index contributed by atoms with van der Waals surface area (Å²) in [5.41, 5.74) is 2.06. The van der Waals surface area contributed by atoms with Crippen LogP contribution in [-0.2, 0) is 11.2 Å². The molecule has 0 aliphatic heterocycles. The summed E-state index contributed by atoms with van der Waals surface area (Å²) in [6.45, 7) is 5.30. The molecule has 0 atom stereocenters. The maximum Gasteiger partial charge on any atom is 0.308 e. The highest BCUT2D eigenvalue weighted by Gasteiger charge is 2.09. The average molecular weight is 252 g/mol. The Bertz CT molecular complexity index is 687. The standard InChI is InChI=1S/C17H16O2/c1-4-6-16-15-9-7-13(5-2)11-14(15)8-10-17(16)19-12(3)18/h7-11H,5H2,1-3H3. The van der Waals surface area contributed by atoms with Gasteiger partial charge in [0.05, 0.1) is 5.56 Å². The minimum atomic E-state index is -0.330. The van der Waals surface area contributed by atoms with Crippen molar-refractivity contribution in [2.24, 2.45) is 0 Å². The second-order valence-electron chi connectivity index (χ2n) is 4.32. The Kier molecular flexibility index (Phi) is 3.87. The SMILES string of the molecule is CC#Cc1c(OC(C)=O)ccc2cc(CC)ccc12. The van der Waals surface area contributed by atoms with Gasteiger partial charge in [-0.25, -0.2) is 0 Å². The molecule has 2 aromatic carbocycles. The highest BCUT2D eigenvalue weighted by atomic mass is 16.5. The van der Waals surface area contributed by atoms with Crippen LogP contribution in [0.4, 0.5) is 0 Å². The third-order valence-corrected chi connectivity index (χ3v) is 2.96. The molecule has 0 aliphatic carbocycles. The van der Waals surface area contributed by atoms with Gasteiger partial charge in [-0.1, -0.05) is 37.1 Å². The summed E-state index contributed by atoms with van der Waals surface area (Å²) in [7, 11) is 0. The van der Waals surface area contributed by atoms with Gasteiger partial charge in [-0.05, 0) is 30.4 Å². The van der Waals surface area contributed by atoms with Crippen molar-refractivity contribution in [3.8, 4) is 17.6 Å². The number of rotatable bonds is 2. The summed E-state index contributed by atoms with van der Waals surface area (Å²) < 4.78 is 5.22. The van der Waals surface area contributed by atoms with E-state index in [-0.39, 0.29) is 5.97 Å². The van der Waals surface area contributed by atoms with Gasteiger partial charge in [-0.3, -0.25) is 4.79 Å². The third kappa shape index (κ3) is 2.77. The predicted molar refractivity (Wildman–Crippen MR) is 77.2 cm³/mol. The number of carbonyl (C=O) groups is 1. The van der Waals surface area contributed by atoms with Crippen molar-refractivity contribution in [2.75, 3.05) is 0 Å². The molecule has 2 rings (SSSR count). The minimum Gasteiger partial charge on any atom is -0.425 e. The van der Waals surface area contributed by atoms with Gasteiger partial charge >= 0.3 is 5.97 Å². The summed E-state index contributed by atoms with van der Waals surface area (Å²) >= 11 is 0. The summed E-state index contributed by atoms with van der Waals surface area (Å²) in [6.07, 6.45) is 0.996. The molecule has 0 saturated carbocycles. The van der Waals surface area contributed by atoms with Crippen molar-refractivity contribution in [1.29, 1.82) is 0 Å². The Balaban J connectivity index is 2.68. The Morgan fingerprint density at radius 3 is 2.68 bits per heavy atom. The zero-order chi connectivity index (χ0) is 13.8. The number of esters is 1. The molecule has 0 aliphatic rings. The molecule has 0 unspecified atom stereocenters. The Morgan fingerprint density at radius 1 is 1.26 bits per heavy atom. The molecule has 0 N–H and O–H groups in total. The van der Waals surface area contributed by atoms with Gasteiger partial charge in [0.2, 0.25) is 0 Å². The van der Waals surface area contributed by atoms with Crippen LogP contribution in [0.3, 0.4) is 0 Å². The average Bonchev–Trinajstić information content (AvgIpc) is 2.40. The van der Waals surface area contributed by atoms with Gasteiger partial charge in [0.15, 0.2) is 0 Å². The fraction of sp³-hybridized carbons (Fsp3) is 0.235. The van der Waals surface area contributed by atoms with E-state index in [0.717, 1.165) is 22.8 Å². The third-order valence-electron chi connectivity index (χ3n) is 2.96. The molecular weight excluding hydrogens is 236 g/mol. The van der Waals surface area contributed by atoms with Crippen molar-refractivity contribution in [2.45, 2.75) is 27.2 Å². The summed E-state index contributed by atoms with van der Waals surface area (Å²) in [5, 5.41) is 2.14.